The van der Waals surface area contributed by atoms with Gasteiger partial charge in [0, 0.05) is 31.5 Å². The number of hydrogen-bond donors (Lipinski definition) is 1. The first-order valence-corrected chi connectivity index (χ1v) is 12.3. The standard InChI is InChI=1S/C28H29F2N3O3/c1-31-15-24-10-11-26(36-24)28(35)33-17-21(19-4-8-23(30)9-5-19)14-25(33)27(34)32-13-12-20(16-32)18-2-6-22(29)7-3-18/h2-11,20-21,25,31H,12-17H2,1H3. The normalized spacial score (nSPS) is 21.8. The van der Waals surface area contributed by atoms with Crippen molar-refractivity contribution in [3.05, 3.63) is 94.9 Å². The van der Waals surface area contributed by atoms with Crippen molar-refractivity contribution in [3.63, 3.8) is 0 Å². The van der Waals surface area contributed by atoms with Gasteiger partial charge >= 0.3 is 0 Å². The number of nitrogens with zero attached hydrogens (tertiary/aromatic N) is 2. The Balaban J connectivity index is 1.37. The molecule has 2 fully saturated rings. The van der Waals surface area contributed by atoms with E-state index < -0.39 is 6.04 Å². The fourth-order valence-electron chi connectivity index (χ4n) is 5.35. The molecule has 2 aromatic carbocycles. The highest BCUT2D eigenvalue weighted by Gasteiger charge is 2.44. The van der Waals surface area contributed by atoms with Gasteiger partial charge in [0.15, 0.2) is 5.76 Å². The lowest BCUT2D eigenvalue weighted by Gasteiger charge is -2.27. The number of carbonyl (C=O) groups excluding carboxylic acids is 2. The Morgan fingerprint density at radius 2 is 1.56 bits per heavy atom. The van der Waals surface area contributed by atoms with Crippen LogP contribution in [0.5, 0.6) is 0 Å². The van der Waals surface area contributed by atoms with E-state index in [1.165, 1.54) is 24.3 Å². The van der Waals surface area contributed by atoms with Gasteiger partial charge in [-0.3, -0.25) is 9.59 Å². The summed E-state index contributed by atoms with van der Waals surface area (Å²) < 4.78 is 32.6. The Hall–Kier alpha value is -3.52. The fraction of sp³-hybridized carbons (Fsp3) is 0.357. The van der Waals surface area contributed by atoms with Crippen LogP contribution < -0.4 is 5.32 Å². The highest BCUT2D eigenvalue weighted by molar-refractivity contribution is 5.96. The van der Waals surface area contributed by atoms with Crippen molar-refractivity contribution in [2.45, 2.75) is 37.3 Å². The van der Waals surface area contributed by atoms with Gasteiger partial charge in [-0.2, -0.15) is 0 Å². The number of benzene rings is 2. The van der Waals surface area contributed by atoms with E-state index in [2.05, 4.69) is 5.32 Å². The maximum atomic E-state index is 13.7. The summed E-state index contributed by atoms with van der Waals surface area (Å²) in [5, 5.41) is 2.99. The van der Waals surface area contributed by atoms with Crippen LogP contribution in [0, 0.1) is 11.6 Å². The molecule has 36 heavy (non-hydrogen) atoms. The second-order valence-corrected chi connectivity index (χ2v) is 9.58. The number of nitrogens with one attached hydrogen (secondary N) is 1. The first kappa shape index (κ1) is 24.2. The second-order valence-electron chi connectivity index (χ2n) is 9.58. The van der Waals surface area contributed by atoms with E-state index in [4.69, 9.17) is 4.42 Å². The minimum absolute atomic E-state index is 0.0919. The number of furan rings is 1. The largest absolute Gasteiger partial charge is 0.455 e. The molecule has 8 heteroatoms. The Kier molecular flexibility index (Phi) is 6.87. The van der Waals surface area contributed by atoms with Crippen LogP contribution >= 0.6 is 0 Å². The third kappa shape index (κ3) is 4.91. The predicted octanol–water partition coefficient (Wildman–Crippen LogP) is 4.29. The lowest BCUT2D eigenvalue weighted by molar-refractivity contribution is -0.134. The summed E-state index contributed by atoms with van der Waals surface area (Å²) in [6.45, 7) is 1.94. The zero-order valence-corrected chi connectivity index (χ0v) is 20.1. The molecule has 3 aromatic rings. The van der Waals surface area contributed by atoms with Gasteiger partial charge in [-0.15, -0.1) is 0 Å². The zero-order valence-electron chi connectivity index (χ0n) is 20.1. The highest BCUT2D eigenvalue weighted by Crippen LogP contribution is 2.36. The van der Waals surface area contributed by atoms with Crippen molar-refractivity contribution < 1.29 is 22.8 Å². The van der Waals surface area contributed by atoms with E-state index >= 15 is 0 Å². The average molecular weight is 494 g/mol. The molecule has 3 heterocycles. The number of rotatable bonds is 6. The van der Waals surface area contributed by atoms with Gasteiger partial charge in [0.05, 0.1) is 6.54 Å². The molecule has 0 bridgehead atoms. The van der Waals surface area contributed by atoms with Crippen molar-refractivity contribution in [1.82, 2.24) is 15.1 Å². The molecule has 2 aliphatic rings. The van der Waals surface area contributed by atoms with Crippen molar-refractivity contribution in [2.24, 2.45) is 0 Å². The molecular formula is C28H29F2N3O3. The summed E-state index contributed by atoms with van der Waals surface area (Å²) in [4.78, 5) is 30.6. The van der Waals surface area contributed by atoms with Gasteiger partial charge in [0.2, 0.25) is 5.91 Å². The first-order chi connectivity index (χ1) is 17.4. The van der Waals surface area contributed by atoms with Gasteiger partial charge in [-0.05, 0) is 67.4 Å². The van der Waals surface area contributed by atoms with E-state index in [0.717, 1.165) is 17.5 Å². The van der Waals surface area contributed by atoms with Gasteiger partial charge in [0.25, 0.3) is 5.91 Å². The number of halogens is 2. The van der Waals surface area contributed by atoms with Crippen LogP contribution in [0.1, 0.15) is 52.1 Å². The number of likely N-dealkylation sites (tertiary alicyclic amines) is 2. The predicted molar refractivity (Wildman–Crippen MR) is 130 cm³/mol. The van der Waals surface area contributed by atoms with Crippen LogP contribution in [0.4, 0.5) is 8.78 Å². The smallest absolute Gasteiger partial charge is 0.290 e. The van der Waals surface area contributed by atoms with Crippen LogP contribution in [-0.4, -0.2) is 54.3 Å². The van der Waals surface area contributed by atoms with Gasteiger partial charge < -0.3 is 19.5 Å². The van der Waals surface area contributed by atoms with Crippen molar-refractivity contribution >= 4 is 11.8 Å². The molecule has 0 spiro atoms. The molecule has 2 saturated heterocycles. The second kappa shape index (κ2) is 10.2. The van der Waals surface area contributed by atoms with E-state index in [9.17, 15) is 18.4 Å². The maximum Gasteiger partial charge on any atom is 0.290 e. The number of hydrogen-bond acceptors (Lipinski definition) is 4. The molecule has 1 N–H and O–H groups in total. The fourth-order valence-corrected chi connectivity index (χ4v) is 5.35. The number of carbonyl (C=O) groups is 2. The lowest BCUT2D eigenvalue weighted by Crippen LogP contribution is -2.47. The molecule has 3 unspecified atom stereocenters. The minimum atomic E-state index is -0.641. The Labute approximate surface area is 208 Å². The summed E-state index contributed by atoms with van der Waals surface area (Å²) in [5.74, 6) is -0.161. The van der Waals surface area contributed by atoms with Gasteiger partial charge in [-0.1, -0.05) is 24.3 Å². The van der Waals surface area contributed by atoms with Crippen LogP contribution in [-0.2, 0) is 11.3 Å². The summed E-state index contributed by atoms with van der Waals surface area (Å²) in [6, 6.07) is 15.4. The molecule has 2 amide bonds. The topological polar surface area (TPSA) is 65.8 Å². The Morgan fingerprint density at radius 3 is 2.19 bits per heavy atom. The zero-order chi connectivity index (χ0) is 25.2. The van der Waals surface area contributed by atoms with E-state index in [1.54, 1.807) is 53.2 Å². The average Bonchev–Trinajstić information content (AvgIpc) is 3.64. The van der Waals surface area contributed by atoms with Crippen molar-refractivity contribution in [2.75, 3.05) is 26.7 Å². The van der Waals surface area contributed by atoms with Crippen molar-refractivity contribution in [1.29, 1.82) is 0 Å². The van der Waals surface area contributed by atoms with Crippen LogP contribution in [0.15, 0.2) is 65.1 Å². The minimum Gasteiger partial charge on any atom is -0.455 e. The van der Waals surface area contributed by atoms with E-state index in [0.29, 0.717) is 38.4 Å². The molecule has 0 saturated carbocycles. The molecule has 2 aliphatic heterocycles. The molecule has 1 aromatic heterocycles. The van der Waals surface area contributed by atoms with Crippen LogP contribution in [0.3, 0.4) is 0 Å². The molecule has 0 radical (unpaired) electrons. The van der Waals surface area contributed by atoms with Gasteiger partial charge in [-0.25, -0.2) is 8.78 Å². The highest BCUT2D eigenvalue weighted by atomic mass is 19.1. The molecule has 5 rings (SSSR count). The van der Waals surface area contributed by atoms with Gasteiger partial charge in [0.1, 0.15) is 23.4 Å². The summed E-state index contributed by atoms with van der Waals surface area (Å²) in [7, 11) is 1.79. The van der Waals surface area contributed by atoms with E-state index in [1.807, 2.05) is 0 Å². The van der Waals surface area contributed by atoms with Crippen LogP contribution in [0.25, 0.3) is 0 Å². The van der Waals surface area contributed by atoms with E-state index in [-0.39, 0.29) is 41.0 Å². The molecule has 3 atom stereocenters. The Morgan fingerprint density at radius 1 is 0.917 bits per heavy atom. The molecular weight excluding hydrogens is 464 g/mol. The molecule has 6 nitrogen and oxygen atoms in total. The first-order valence-electron chi connectivity index (χ1n) is 12.3. The number of amides is 2. The molecule has 188 valence electrons. The molecule has 0 aliphatic carbocycles. The maximum absolute atomic E-state index is 13.7. The monoisotopic (exact) mass is 493 g/mol. The SMILES string of the molecule is CNCc1ccc(C(=O)N2CC(c3ccc(F)cc3)CC2C(=O)N2CCC(c3ccc(F)cc3)C2)o1. The third-order valence-corrected chi connectivity index (χ3v) is 7.25. The van der Waals surface area contributed by atoms with Crippen LogP contribution in [0.2, 0.25) is 0 Å². The lowest BCUT2D eigenvalue weighted by atomic mass is 9.96. The summed E-state index contributed by atoms with van der Waals surface area (Å²) in [6.07, 6.45) is 1.24. The summed E-state index contributed by atoms with van der Waals surface area (Å²) >= 11 is 0. The third-order valence-electron chi connectivity index (χ3n) is 7.25. The summed E-state index contributed by atoms with van der Waals surface area (Å²) in [5.41, 5.74) is 1.90. The quantitative estimate of drug-likeness (QED) is 0.557. The Bertz CT molecular complexity index is 1230. The van der Waals surface area contributed by atoms with Crippen molar-refractivity contribution in [3.8, 4) is 0 Å².